The van der Waals surface area contributed by atoms with Crippen molar-refractivity contribution >= 4 is 20.8 Å². The molecule has 0 unspecified atom stereocenters. The Hall–Kier alpha value is -1.36. The molecule has 68 valence electrons. The lowest BCUT2D eigenvalue weighted by Gasteiger charge is -1.89. The van der Waals surface area contributed by atoms with E-state index < -0.39 is 9.73 Å². The lowest BCUT2D eigenvalue weighted by molar-refractivity contribution is 0.475. The van der Waals surface area contributed by atoms with E-state index in [4.69, 9.17) is 9.20 Å². The second-order valence-corrected chi connectivity index (χ2v) is 4.83. The normalized spacial score (nSPS) is 15.8. The number of rotatable bonds is 1. The van der Waals surface area contributed by atoms with Gasteiger partial charge in [0.25, 0.3) is 5.22 Å². The zero-order chi connectivity index (χ0) is 9.47. The van der Waals surface area contributed by atoms with E-state index in [0.717, 1.165) is 0 Å². The highest BCUT2D eigenvalue weighted by atomic mass is 32.2. The average molecular weight is 196 g/mol. The standard InChI is InChI=1S/C8H8N2O2S/c1-13(9,11)8-10-6-4-2-3-5-7(6)12-8/h2-5,9H,1H3/t13-/m1/s1. The highest BCUT2D eigenvalue weighted by molar-refractivity contribution is 7.91. The molecule has 1 aromatic heterocycles. The minimum atomic E-state index is -2.84. The molecule has 0 aliphatic rings. The lowest BCUT2D eigenvalue weighted by Crippen LogP contribution is -1.93. The molecule has 1 aromatic carbocycles. The fourth-order valence-corrected chi connectivity index (χ4v) is 1.54. The monoisotopic (exact) mass is 196 g/mol. The highest BCUT2D eigenvalue weighted by Crippen LogP contribution is 2.17. The van der Waals surface area contributed by atoms with Gasteiger partial charge in [-0.05, 0) is 12.1 Å². The summed E-state index contributed by atoms with van der Waals surface area (Å²) in [7, 11) is -2.84. The van der Waals surface area contributed by atoms with Crippen LogP contribution in [0.3, 0.4) is 0 Å². The van der Waals surface area contributed by atoms with Gasteiger partial charge in [0.05, 0.1) is 0 Å². The first-order valence-corrected chi connectivity index (χ1v) is 5.63. The van der Waals surface area contributed by atoms with Crippen molar-refractivity contribution in [3.05, 3.63) is 24.3 Å². The Kier molecular flexibility index (Phi) is 1.63. The van der Waals surface area contributed by atoms with Gasteiger partial charge in [-0.2, -0.15) is 0 Å². The summed E-state index contributed by atoms with van der Waals surface area (Å²) in [5.74, 6) is 0. The minimum absolute atomic E-state index is 0.00583. The van der Waals surface area contributed by atoms with Crippen molar-refractivity contribution in [2.45, 2.75) is 5.22 Å². The van der Waals surface area contributed by atoms with Gasteiger partial charge in [-0.25, -0.2) is 14.0 Å². The van der Waals surface area contributed by atoms with Crippen molar-refractivity contribution in [2.75, 3.05) is 6.26 Å². The summed E-state index contributed by atoms with van der Waals surface area (Å²) in [6, 6.07) is 7.11. The van der Waals surface area contributed by atoms with Crippen LogP contribution in [0.15, 0.2) is 33.9 Å². The van der Waals surface area contributed by atoms with Crippen molar-refractivity contribution in [2.24, 2.45) is 0 Å². The van der Waals surface area contributed by atoms with Crippen LogP contribution in [0.5, 0.6) is 0 Å². The van der Waals surface area contributed by atoms with Gasteiger partial charge < -0.3 is 4.42 Å². The molecule has 1 heterocycles. The lowest BCUT2D eigenvalue weighted by atomic mass is 10.3. The molecule has 0 saturated carbocycles. The maximum Gasteiger partial charge on any atom is 0.295 e. The van der Waals surface area contributed by atoms with Crippen LogP contribution in [0, 0.1) is 4.78 Å². The molecule has 0 aliphatic heterocycles. The summed E-state index contributed by atoms with van der Waals surface area (Å²) in [5.41, 5.74) is 1.21. The van der Waals surface area contributed by atoms with Crippen molar-refractivity contribution in [3.8, 4) is 0 Å². The van der Waals surface area contributed by atoms with E-state index in [0.29, 0.717) is 11.1 Å². The number of aromatic nitrogens is 1. The third kappa shape index (κ3) is 1.42. The van der Waals surface area contributed by atoms with Gasteiger partial charge in [-0.15, -0.1) is 0 Å². The third-order valence-corrected chi connectivity index (χ3v) is 2.45. The number of oxazole rings is 1. The molecule has 0 amide bonds. The summed E-state index contributed by atoms with van der Waals surface area (Å²) in [4.78, 5) is 3.95. The molecule has 1 atom stereocenters. The molecule has 0 saturated heterocycles. The highest BCUT2D eigenvalue weighted by Gasteiger charge is 2.11. The van der Waals surface area contributed by atoms with Crippen LogP contribution >= 0.6 is 0 Å². The predicted molar refractivity (Wildman–Crippen MR) is 49.1 cm³/mol. The van der Waals surface area contributed by atoms with Gasteiger partial charge in [0.1, 0.15) is 15.2 Å². The number of benzene rings is 1. The quantitative estimate of drug-likeness (QED) is 0.757. The molecule has 0 fully saturated rings. The number of hydrogen-bond acceptors (Lipinski definition) is 4. The number of nitrogens with one attached hydrogen (secondary N) is 1. The van der Waals surface area contributed by atoms with E-state index in [9.17, 15) is 4.21 Å². The topological polar surface area (TPSA) is 67.0 Å². The van der Waals surface area contributed by atoms with Gasteiger partial charge in [0, 0.05) is 6.26 Å². The third-order valence-electron chi connectivity index (χ3n) is 1.61. The summed E-state index contributed by atoms with van der Waals surface area (Å²) in [5, 5.41) is -0.00583. The van der Waals surface area contributed by atoms with Gasteiger partial charge >= 0.3 is 0 Å². The Balaban J connectivity index is 2.77. The number of nitrogens with zero attached hydrogens (tertiary/aromatic N) is 1. The molecular formula is C8H8N2O2S. The first-order valence-electron chi connectivity index (χ1n) is 3.67. The van der Waals surface area contributed by atoms with Crippen LogP contribution in [-0.4, -0.2) is 15.4 Å². The molecule has 13 heavy (non-hydrogen) atoms. The average Bonchev–Trinajstić information content (AvgIpc) is 2.45. The Morgan fingerprint density at radius 1 is 1.46 bits per heavy atom. The second kappa shape index (κ2) is 2.56. The molecule has 1 N–H and O–H groups in total. The first-order chi connectivity index (χ1) is 6.07. The van der Waals surface area contributed by atoms with E-state index in [2.05, 4.69) is 4.98 Å². The van der Waals surface area contributed by atoms with Crippen LogP contribution < -0.4 is 0 Å². The molecule has 0 spiro atoms. The second-order valence-electron chi connectivity index (χ2n) is 2.79. The summed E-state index contributed by atoms with van der Waals surface area (Å²) in [6.45, 7) is 0. The van der Waals surface area contributed by atoms with E-state index in [1.165, 1.54) is 6.26 Å². The fourth-order valence-electron chi connectivity index (χ4n) is 1.02. The first kappa shape index (κ1) is 8.25. The Bertz CT molecular complexity index is 509. The molecule has 0 radical (unpaired) electrons. The zero-order valence-corrected chi connectivity index (χ0v) is 7.80. The Morgan fingerprint density at radius 3 is 2.77 bits per heavy atom. The molecule has 4 nitrogen and oxygen atoms in total. The maximum absolute atomic E-state index is 11.3. The van der Waals surface area contributed by atoms with Crippen molar-refractivity contribution in [1.82, 2.24) is 4.98 Å². The van der Waals surface area contributed by atoms with Crippen molar-refractivity contribution in [3.63, 3.8) is 0 Å². The van der Waals surface area contributed by atoms with Crippen LogP contribution in [0.1, 0.15) is 0 Å². The van der Waals surface area contributed by atoms with Gasteiger partial charge in [0.2, 0.25) is 0 Å². The molecule has 2 rings (SSSR count). The summed E-state index contributed by atoms with van der Waals surface area (Å²) in [6.07, 6.45) is 1.29. The van der Waals surface area contributed by atoms with Crippen LogP contribution in [-0.2, 0) is 9.73 Å². The van der Waals surface area contributed by atoms with E-state index in [1.54, 1.807) is 18.2 Å². The van der Waals surface area contributed by atoms with Gasteiger partial charge in [-0.1, -0.05) is 12.1 Å². The SMILES string of the molecule is C[S@@](=N)(=O)c1nc2ccccc2o1. The predicted octanol–water partition coefficient (Wildman–Crippen LogP) is 1.86. The van der Waals surface area contributed by atoms with Crippen molar-refractivity contribution in [1.29, 1.82) is 4.78 Å². The Labute approximate surface area is 75.6 Å². The van der Waals surface area contributed by atoms with E-state index in [1.807, 2.05) is 6.07 Å². The molecular weight excluding hydrogens is 188 g/mol. The largest absolute Gasteiger partial charge is 0.429 e. The molecule has 0 aliphatic carbocycles. The van der Waals surface area contributed by atoms with Crippen molar-refractivity contribution < 1.29 is 8.63 Å². The van der Waals surface area contributed by atoms with E-state index >= 15 is 0 Å². The minimum Gasteiger partial charge on any atom is -0.429 e. The summed E-state index contributed by atoms with van der Waals surface area (Å²) < 4.78 is 23.7. The van der Waals surface area contributed by atoms with Gasteiger partial charge in [-0.3, -0.25) is 0 Å². The zero-order valence-electron chi connectivity index (χ0n) is 6.98. The van der Waals surface area contributed by atoms with Crippen LogP contribution in [0.4, 0.5) is 0 Å². The number of para-hydroxylation sites is 2. The molecule has 2 aromatic rings. The van der Waals surface area contributed by atoms with E-state index in [-0.39, 0.29) is 5.22 Å². The fraction of sp³-hybridized carbons (Fsp3) is 0.125. The number of hydrogen-bond donors (Lipinski definition) is 1. The van der Waals surface area contributed by atoms with Crippen LogP contribution in [0.25, 0.3) is 11.1 Å². The number of fused-ring (bicyclic) bond motifs is 1. The van der Waals surface area contributed by atoms with Gasteiger partial charge in [0.15, 0.2) is 5.58 Å². The maximum atomic E-state index is 11.3. The molecule has 0 bridgehead atoms. The smallest absolute Gasteiger partial charge is 0.295 e. The molecule has 5 heteroatoms. The summed E-state index contributed by atoms with van der Waals surface area (Å²) >= 11 is 0. The van der Waals surface area contributed by atoms with Crippen LogP contribution in [0.2, 0.25) is 0 Å². The Morgan fingerprint density at radius 2 is 2.15 bits per heavy atom.